The van der Waals surface area contributed by atoms with Crippen molar-refractivity contribution in [1.29, 1.82) is 0 Å². The third kappa shape index (κ3) is 5.08. The average Bonchev–Trinajstić information content (AvgIpc) is 2.64. The van der Waals surface area contributed by atoms with Gasteiger partial charge in [-0.1, -0.05) is 37.3 Å². The Balaban J connectivity index is 2.11. The third-order valence-corrected chi connectivity index (χ3v) is 4.14. The second-order valence-corrected chi connectivity index (χ2v) is 5.84. The summed E-state index contributed by atoms with van der Waals surface area (Å²) < 4.78 is 5.35. The molecule has 0 saturated carbocycles. The highest BCUT2D eigenvalue weighted by Gasteiger charge is 2.16. The van der Waals surface area contributed by atoms with Crippen LogP contribution in [0.3, 0.4) is 0 Å². The van der Waals surface area contributed by atoms with Crippen molar-refractivity contribution in [2.45, 2.75) is 26.3 Å². The van der Waals surface area contributed by atoms with Crippen molar-refractivity contribution in [1.82, 2.24) is 5.32 Å². The molecule has 5 nitrogen and oxygen atoms in total. The summed E-state index contributed by atoms with van der Waals surface area (Å²) in [5, 5.41) is 12.1. The van der Waals surface area contributed by atoms with Crippen molar-refractivity contribution in [3.8, 4) is 5.75 Å². The Hall–Kier alpha value is -2.82. The molecule has 1 amide bonds. The first-order valence-electron chi connectivity index (χ1n) is 8.27. The van der Waals surface area contributed by atoms with Gasteiger partial charge in [0.1, 0.15) is 5.75 Å². The first-order chi connectivity index (χ1) is 12.0. The first kappa shape index (κ1) is 18.5. The highest BCUT2D eigenvalue weighted by molar-refractivity contribution is 5.94. The Kier molecular flexibility index (Phi) is 6.57. The van der Waals surface area contributed by atoms with Crippen LogP contribution in [0.25, 0.3) is 0 Å². The van der Waals surface area contributed by atoms with Gasteiger partial charge < -0.3 is 15.2 Å². The fraction of sp³-hybridized carbons (Fsp3) is 0.300. The quantitative estimate of drug-likeness (QED) is 0.772. The normalized spacial score (nSPS) is 11.6. The van der Waals surface area contributed by atoms with Gasteiger partial charge in [-0.2, -0.15) is 0 Å². The SMILES string of the molecule is CCC(Cc1ccc(OC)c(CNC(=O)c2ccccc2)c1)C(=O)O. The van der Waals surface area contributed by atoms with Gasteiger partial charge in [0, 0.05) is 17.7 Å². The number of carbonyl (C=O) groups excluding carboxylic acids is 1. The molecule has 0 saturated heterocycles. The van der Waals surface area contributed by atoms with Crippen molar-refractivity contribution < 1.29 is 19.4 Å². The fourth-order valence-electron chi connectivity index (χ4n) is 2.65. The van der Waals surface area contributed by atoms with E-state index in [9.17, 15) is 14.7 Å². The van der Waals surface area contributed by atoms with Gasteiger partial charge >= 0.3 is 5.97 Å². The monoisotopic (exact) mass is 341 g/mol. The number of hydrogen-bond acceptors (Lipinski definition) is 3. The molecule has 0 fully saturated rings. The molecule has 0 aliphatic heterocycles. The highest BCUT2D eigenvalue weighted by Crippen LogP contribution is 2.22. The predicted molar refractivity (Wildman–Crippen MR) is 95.7 cm³/mol. The minimum absolute atomic E-state index is 0.162. The van der Waals surface area contributed by atoms with Crippen LogP contribution in [-0.2, 0) is 17.8 Å². The summed E-state index contributed by atoms with van der Waals surface area (Å²) in [5.74, 6) is -0.706. The van der Waals surface area contributed by atoms with E-state index in [4.69, 9.17) is 4.74 Å². The summed E-state index contributed by atoms with van der Waals surface area (Å²) in [6, 6.07) is 14.6. The molecule has 1 atom stereocenters. The number of nitrogens with one attached hydrogen (secondary N) is 1. The maximum absolute atomic E-state index is 12.2. The minimum Gasteiger partial charge on any atom is -0.496 e. The van der Waals surface area contributed by atoms with Gasteiger partial charge in [0.2, 0.25) is 0 Å². The predicted octanol–water partition coefficient (Wildman–Crippen LogP) is 3.28. The van der Waals surface area contributed by atoms with Gasteiger partial charge in [0.15, 0.2) is 0 Å². The molecular formula is C20H23NO4. The largest absolute Gasteiger partial charge is 0.496 e. The van der Waals surface area contributed by atoms with Gasteiger partial charge in [0.25, 0.3) is 5.91 Å². The van der Waals surface area contributed by atoms with E-state index in [0.29, 0.717) is 30.7 Å². The molecule has 2 N–H and O–H groups in total. The third-order valence-electron chi connectivity index (χ3n) is 4.14. The average molecular weight is 341 g/mol. The number of amides is 1. The Morgan fingerprint density at radius 3 is 2.48 bits per heavy atom. The molecule has 0 spiro atoms. The number of aliphatic carboxylic acids is 1. The van der Waals surface area contributed by atoms with E-state index in [1.54, 1.807) is 19.2 Å². The smallest absolute Gasteiger partial charge is 0.306 e. The van der Waals surface area contributed by atoms with Gasteiger partial charge in [-0.05, 0) is 36.6 Å². The molecule has 0 bridgehead atoms. The number of rotatable bonds is 8. The Morgan fingerprint density at radius 1 is 1.16 bits per heavy atom. The van der Waals surface area contributed by atoms with Crippen LogP contribution in [0, 0.1) is 5.92 Å². The summed E-state index contributed by atoms with van der Waals surface area (Å²) >= 11 is 0. The highest BCUT2D eigenvalue weighted by atomic mass is 16.5. The molecule has 25 heavy (non-hydrogen) atoms. The lowest BCUT2D eigenvalue weighted by Crippen LogP contribution is -2.23. The van der Waals surface area contributed by atoms with E-state index in [1.807, 2.05) is 43.3 Å². The lowest BCUT2D eigenvalue weighted by atomic mass is 9.95. The molecule has 0 heterocycles. The molecule has 0 aliphatic rings. The van der Waals surface area contributed by atoms with Crippen LogP contribution >= 0.6 is 0 Å². The van der Waals surface area contributed by atoms with Crippen LogP contribution < -0.4 is 10.1 Å². The topological polar surface area (TPSA) is 75.6 Å². The van der Waals surface area contributed by atoms with Gasteiger partial charge in [0.05, 0.1) is 13.0 Å². The molecule has 5 heteroatoms. The molecule has 2 aromatic carbocycles. The van der Waals surface area contributed by atoms with E-state index < -0.39 is 11.9 Å². The molecule has 0 aliphatic carbocycles. The zero-order valence-corrected chi connectivity index (χ0v) is 14.5. The summed E-state index contributed by atoms with van der Waals surface area (Å²) in [5.41, 5.74) is 2.33. The zero-order chi connectivity index (χ0) is 18.2. The van der Waals surface area contributed by atoms with Crippen LogP contribution in [0.15, 0.2) is 48.5 Å². The number of methoxy groups -OCH3 is 1. The molecule has 2 rings (SSSR count). The lowest BCUT2D eigenvalue weighted by Gasteiger charge is -2.14. The summed E-state index contributed by atoms with van der Waals surface area (Å²) in [7, 11) is 1.57. The van der Waals surface area contributed by atoms with E-state index in [2.05, 4.69) is 5.32 Å². The van der Waals surface area contributed by atoms with Crippen molar-refractivity contribution in [3.05, 3.63) is 65.2 Å². The Morgan fingerprint density at radius 2 is 1.88 bits per heavy atom. The number of carboxylic acid groups (broad SMARTS) is 1. The van der Waals surface area contributed by atoms with Crippen molar-refractivity contribution >= 4 is 11.9 Å². The van der Waals surface area contributed by atoms with Crippen LogP contribution in [-0.4, -0.2) is 24.1 Å². The standard InChI is InChI=1S/C20H23NO4/c1-3-15(20(23)24)11-14-9-10-18(25-2)17(12-14)13-21-19(22)16-7-5-4-6-8-16/h4-10,12,15H,3,11,13H2,1-2H3,(H,21,22)(H,23,24). The Bertz CT molecular complexity index is 728. The van der Waals surface area contributed by atoms with E-state index in [1.165, 1.54) is 0 Å². The molecule has 1 unspecified atom stereocenters. The second-order valence-electron chi connectivity index (χ2n) is 5.84. The summed E-state index contributed by atoms with van der Waals surface area (Å²) in [6.07, 6.45) is 1.02. The van der Waals surface area contributed by atoms with Crippen molar-refractivity contribution in [2.75, 3.05) is 7.11 Å². The molecular weight excluding hydrogens is 318 g/mol. The fourth-order valence-corrected chi connectivity index (χ4v) is 2.65. The summed E-state index contributed by atoms with van der Waals surface area (Å²) in [6.45, 7) is 2.18. The number of ether oxygens (including phenoxy) is 1. The zero-order valence-electron chi connectivity index (χ0n) is 14.5. The Labute approximate surface area is 147 Å². The van der Waals surface area contributed by atoms with E-state index >= 15 is 0 Å². The first-order valence-corrected chi connectivity index (χ1v) is 8.27. The van der Waals surface area contributed by atoms with E-state index in [-0.39, 0.29) is 5.91 Å². The maximum Gasteiger partial charge on any atom is 0.306 e. The van der Waals surface area contributed by atoms with Crippen molar-refractivity contribution in [3.63, 3.8) is 0 Å². The van der Waals surface area contributed by atoms with Crippen LogP contribution in [0.4, 0.5) is 0 Å². The number of benzene rings is 2. The summed E-state index contributed by atoms with van der Waals surface area (Å²) in [4.78, 5) is 23.4. The second kappa shape index (κ2) is 8.87. The molecule has 0 radical (unpaired) electrons. The van der Waals surface area contributed by atoms with Gasteiger partial charge in [-0.15, -0.1) is 0 Å². The van der Waals surface area contributed by atoms with Crippen LogP contribution in [0.5, 0.6) is 5.75 Å². The van der Waals surface area contributed by atoms with E-state index in [0.717, 1.165) is 11.1 Å². The molecule has 132 valence electrons. The lowest BCUT2D eigenvalue weighted by molar-refractivity contribution is -0.141. The molecule has 2 aromatic rings. The minimum atomic E-state index is -0.794. The van der Waals surface area contributed by atoms with Crippen LogP contribution in [0.1, 0.15) is 34.8 Å². The van der Waals surface area contributed by atoms with Crippen LogP contribution in [0.2, 0.25) is 0 Å². The number of carboxylic acids is 1. The van der Waals surface area contributed by atoms with Crippen molar-refractivity contribution in [2.24, 2.45) is 5.92 Å². The number of hydrogen-bond donors (Lipinski definition) is 2. The van der Waals surface area contributed by atoms with Gasteiger partial charge in [-0.3, -0.25) is 9.59 Å². The van der Waals surface area contributed by atoms with Gasteiger partial charge in [-0.25, -0.2) is 0 Å². The number of carbonyl (C=O) groups is 2. The maximum atomic E-state index is 12.2. The molecule has 0 aromatic heterocycles.